The summed E-state index contributed by atoms with van der Waals surface area (Å²) < 4.78 is 40.3. The van der Waals surface area contributed by atoms with E-state index in [2.05, 4.69) is 5.32 Å². The topological polar surface area (TPSA) is 49.4 Å². The van der Waals surface area contributed by atoms with E-state index >= 15 is 0 Å². The van der Waals surface area contributed by atoms with E-state index in [1.54, 1.807) is 0 Å². The normalized spacial score (nSPS) is 20.7. The highest BCUT2D eigenvalue weighted by atomic mass is 19.2. The number of nitrogens with one attached hydrogen (secondary N) is 1. The van der Waals surface area contributed by atoms with Crippen molar-refractivity contribution in [2.45, 2.75) is 52.6 Å². The summed E-state index contributed by atoms with van der Waals surface area (Å²) in [6, 6.07) is 0.404. The second-order valence-electron chi connectivity index (χ2n) is 7.69. The molecule has 1 aromatic rings. The lowest BCUT2D eigenvalue weighted by atomic mass is 9.94. The van der Waals surface area contributed by atoms with Gasteiger partial charge in [-0.05, 0) is 36.8 Å². The van der Waals surface area contributed by atoms with Crippen LogP contribution in [0.2, 0.25) is 0 Å². The SMILES string of the molecule is CC(C)C[C@H]1CN(C(=O)c2cc(F)c(F)c(F)c2)[C@@H](CC(C)C)C(=O)N1. The van der Waals surface area contributed by atoms with Gasteiger partial charge in [-0.2, -0.15) is 0 Å². The predicted molar refractivity (Wildman–Crippen MR) is 92.0 cm³/mol. The van der Waals surface area contributed by atoms with Crippen LogP contribution in [0.25, 0.3) is 0 Å². The maximum atomic E-state index is 13.5. The number of carbonyl (C=O) groups is 2. The highest BCUT2D eigenvalue weighted by Crippen LogP contribution is 2.23. The Balaban J connectivity index is 2.35. The van der Waals surface area contributed by atoms with Gasteiger partial charge in [-0.1, -0.05) is 27.7 Å². The number of hydrogen-bond acceptors (Lipinski definition) is 2. The first kappa shape index (κ1) is 20.3. The molecule has 2 rings (SSSR count). The molecule has 0 radical (unpaired) electrons. The highest BCUT2D eigenvalue weighted by molar-refractivity contribution is 5.98. The van der Waals surface area contributed by atoms with E-state index in [4.69, 9.17) is 0 Å². The van der Waals surface area contributed by atoms with Crippen LogP contribution in [0.3, 0.4) is 0 Å². The van der Waals surface area contributed by atoms with E-state index in [9.17, 15) is 22.8 Å². The zero-order valence-electron chi connectivity index (χ0n) is 15.5. The third-order valence-corrected chi connectivity index (χ3v) is 4.38. The lowest BCUT2D eigenvalue weighted by molar-refractivity contribution is -0.130. The summed E-state index contributed by atoms with van der Waals surface area (Å²) in [6.07, 6.45) is 1.11. The lowest BCUT2D eigenvalue weighted by Gasteiger charge is -2.40. The third-order valence-electron chi connectivity index (χ3n) is 4.38. The van der Waals surface area contributed by atoms with Crippen LogP contribution in [-0.2, 0) is 4.79 Å². The zero-order valence-corrected chi connectivity index (χ0v) is 15.5. The average molecular weight is 370 g/mol. The van der Waals surface area contributed by atoms with Crippen molar-refractivity contribution >= 4 is 11.8 Å². The Hall–Kier alpha value is -2.05. The van der Waals surface area contributed by atoms with Gasteiger partial charge in [0.15, 0.2) is 17.5 Å². The lowest BCUT2D eigenvalue weighted by Crippen LogP contribution is -2.62. The quantitative estimate of drug-likeness (QED) is 0.807. The van der Waals surface area contributed by atoms with Gasteiger partial charge in [0.05, 0.1) is 0 Å². The molecule has 1 fully saturated rings. The minimum absolute atomic E-state index is 0.143. The van der Waals surface area contributed by atoms with Crippen LogP contribution in [0.15, 0.2) is 12.1 Å². The van der Waals surface area contributed by atoms with Crippen molar-refractivity contribution in [3.8, 4) is 0 Å². The molecular weight excluding hydrogens is 345 g/mol. The van der Waals surface area contributed by atoms with E-state index in [-0.39, 0.29) is 30.0 Å². The molecule has 26 heavy (non-hydrogen) atoms. The van der Waals surface area contributed by atoms with Gasteiger partial charge in [-0.3, -0.25) is 9.59 Å². The molecule has 144 valence electrons. The van der Waals surface area contributed by atoms with Gasteiger partial charge >= 0.3 is 0 Å². The fraction of sp³-hybridized carbons (Fsp3) is 0.579. The smallest absolute Gasteiger partial charge is 0.254 e. The van der Waals surface area contributed by atoms with Crippen LogP contribution in [-0.4, -0.2) is 35.3 Å². The number of carbonyl (C=O) groups excluding carboxylic acids is 2. The van der Waals surface area contributed by atoms with E-state index in [1.165, 1.54) is 4.90 Å². The second kappa shape index (κ2) is 8.10. The van der Waals surface area contributed by atoms with E-state index in [1.807, 2.05) is 27.7 Å². The number of hydrogen-bond donors (Lipinski definition) is 1. The third kappa shape index (κ3) is 4.56. The van der Waals surface area contributed by atoms with Crippen LogP contribution < -0.4 is 5.32 Å². The Labute approximate surface area is 151 Å². The number of rotatable bonds is 5. The Morgan fingerprint density at radius 3 is 2.15 bits per heavy atom. The van der Waals surface area contributed by atoms with Crippen molar-refractivity contribution < 1.29 is 22.8 Å². The summed E-state index contributed by atoms with van der Waals surface area (Å²) in [5, 5.41) is 2.93. The molecule has 0 saturated carbocycles. The summed E-state index contributed by atoms with van der Waals surface area (Å²) in [5.41, 5.74) is -0.298. The van der Waals surface area contributed by atoms with Gasteiger partial charge in [0.25, 0.3) is 5.91 Å². The van der Waals surface area contributed by atoms with Gasteiger partial charge in [-0.15, -0.1) is 0 Å². The first-order valence-corrected chi connectivity index (χ1v) is 8.86. The molecule has 1 aliphatic rings. The fourth-order valence-electron chi connectivity index (χ4n) is 3.30. The van der Waals surface area contributed by atoms with E-state index < -0.39 is 29.4 Å². The molecule has 1 saturated heterocycles. The molecule has 4 nitrogen and oxygen atoms in total. The Bertz CT molecular complexity index is 668. The van der Waals surface area contributed by atoms with E-state index in [0.717, 1.165) is 0 Å². The van der Waals surface area contributed by atoms with Gasteiger partial charge in [0.2, 0.25) is 5.91 Å². The first-order chi connectivity index (χ1) is 12.1. The van der Waals surface area contributed by atoms with Crippen LogP contribution in [0, 0.1) is 29.3 Å². The average Bonchev–Trinajstić information content (AvgIpc) is 2.52. The minimum Gasteiger partial charge on any atom is -0.350 e. The van der Waals surface area contributed by atoms with Crippen molar-refractivity contribution in [1.82, 2.24) is 10.2 Å². The minimum atomic E-state index is -1.62. The summed E-state index contributed by atoms with van der Waals surface area (Å²) >= 11 is 0. The summed E-state index contributed by atoms with van der Waals surface area (Å²) in [7, 11) is 0. The summed E-state index contributed by atoms with van der Waals surface area (Å²) in [4.78, 5) is 26.8. The number of piperazine rings is 1. The Kier molecular flexibility index (Phi) is 6.31. The molecular formula is C19H25F3N2O2. The standard InChI is InChI=1S/C19H25F3N2O2/c1-10(2)5-13-9-24(16(6-11(3)4)18(25)23-13)19(26)12-7-14(20)17(22)15(21)8-12/h7-8,10-11,13,16H,5-6,9H2,1-4H3,(H,23,25)/t13-,16-/m0/s1. The fourth-order valence-corrected chi connectivity index (χ4v) is 3.30. The summed E-state index contributed by atoms with van der Waals surface area (Å²) in [5.74, 6) is -4.95. The van der Waals surface area contributed by atoms with Crippen LogP contribution in [0.5, 0.6) is 0 Å². The molecule has 0 spiro atoms. The highest BCUT2D eigenvalue weighted by Gasteiger charge is 2.38. The van der Waals surface area contributed by atoms with Crippen LogP contribution >= 0.6 is 0 Å². The van der Waals surface area contributed by atoms with Gasteiger partial charge in [0, 0.05) is 18.2 Å². The zero-order chi connectivity index (χ0) is 19.6. The molecule has 1 aliphatic heterocycles. The van der Waals surface area contributed by atoms with Crippen molar-refractivity contribution in [3.05, 3.63) is 35.1 Å². The molecule has 0 aliphatic carbocycles. The molecule has 2 atom stereocenters. The summed E-state index contributed by atoms with van der Waals surface area (Å²) in [6.45, 7) is 8.11. The number of benzene rings is 1. The molecule has 0 bridgehead atoms. The maximum Gasteiger partial charge on any atom is 0.254 e. The molecule has 1 aromatic carbocycles. The second-order valence-corrected chi connectivity index (χ2v) is 7.69. The maximum absolute atomic E-state index is 13.5. The largest absolute Gasteiger partial charge is 0.350 e. The van der Waals surface area contributed by atoms with Crippen molar-refractivity contribution in [3.63, 3.8) is 0 Å². The molecule has 1 heterocycles. The Morgan fingerprint density at radius 1 is 1.12 bits per heavy atom. The van der Waals surface area contributed by atoms with Crippen molar-refractivity contribution in [2.75, 3.05) is 6.54 Å². The molecule has 1 N–H and O–H groups in total. The molecule has 0 unspecified atom stereocenters. The molecule has 7 heteroatoms. The van der Waals surface area contributed by atoms with Gasteiger partial charge in [-0.25, -0.2) is 13.2 Å². The van der Waals surface area contributed by atoms with Crippen molar-refractivity contribution in [1.29, 1.82) is 0 Å². The predicted octanol–water partition coefficient (Wildman–Crippen LogP) is 3.51. The number of amides is 2. The van der Waals surface area contributed by atoms with E-state index in [0.29, 0.717) is 30.9 Å². The number of nitrogens with zero attached hydrogens (tertiary/aromatic N) is 1. The van der Waals surface area contributed by atoms with Gasteiger partial charge < -0.3 is 10.2 Å². The molecule has 2 amide bonds. The monoisotopic (exact) mass is 370 g/mol. The van der Waals surface area contributed by atoms with Crippen LogP contribution in [0.4, 0.5) is 13.2 Å². The molecule has 0 aromatic heterocycles. The van der Waals surface area contributed by atoms with Crippen LogP contribution in [0.1, 0.15) is 50.9 Å². The van der Waals surface area contributed by atoms with Crippen molar-refractivity contribution in [2.24, 2.45) is 11.8 Å². The van der Waals surface area contributed by atoms with Gasteiger partial charge in [0.1, 0.15) is 6.04 Å². The first-order valence-electron chi connectivity index (χ1n) is 8.86. The Morgan fingerprint density at radius 2 is 1.65 bits per heavy atom. The number of halogens is 3.